The lowest BCUT2D eigenvalue weighted by molar-refractivity contribution is 0.0756. The van der Waals surface area contributed by atoms with E-state index in [1.54, 1.807) is 0 Å². The minimum atomic E-state index is 0.116. The van der Waals surface area contributed by atoms with Crippen molar-refractivity contribution < 1.29 is 5.11 Å². The van der Waals surface area contributed by atoms with Crippen molar-refractivity contribution in [2.24, 2.45) is 5.73 Å². The van der Waals surface area contributed by atoms with E-state index < -0.39 is 0 Å². The smallest absolute Gasteiger partial charge is 0.0681 e. The van der Waals surface area contributed by atoms with E-state index in [1.807, 2.05) is 12.1 Å². The molecule has 1 aromatic rings. The summed E-state index contributed by atoms with van der Waals surface area (Å²) in [6.07, 6.45) is 7.77. The molecule has 0 aromatic heterocycles. The van der Waals surface area contributed by atoms with E-state index in [9.17, 15) is 0 Å². The first-order valence-electron chi connectivity index (χ1n) is 8.38. The fraction of sp³-hybridized carbons (Fsp3) is 0.667. The van der Waals surface area contributed by atoms with E-state index in [-0.39, 0.29) is 12.1 Å². The van der Waals surface area contributed by atoms with Crippen molar-refractivity contribution in [1.82, 2.24) is 4.90 Å². The Morgan fingerprint density at radius 1 is 1.05 bits per heavy atom. The number of benzene rings is 1. The molecule has 21 heavy (non-hydrogen) atoms. The van der Waals surface area contributed by atoms with Gasteiger partial charge < -0.3 is 10.8 Å². The fourth-order valence-electron chi connectivity index (χ4n) is 3.62. The Hall–Kier alpha value is -0.900. The first-order valence-corrected chi connectivity index (χ1v) is 8.38. The highest BCUT2D eigenvalue weighted by molar-refractivity contribution is 5.22. The summed E-state index contributed by atoms with van der Waals surface area (Å²) < 4.78 is 0. The van der Waals surface area contributed by atoms with Crippen LogP contribution in [0.4, 0.5) is 0 Å². The fourth-order valence-corrected chi connectivity index (χ4v) is 3.62. The number of aliphatic hydroxyl groups is 1. The monoisotopic (exact) mass is 290 g/mol. The Bertz CT molecular complexity index is 408. The molecule has 3 nitrogen and oxygen atoms in total. The van der Waals surface area contributed by atoms with Crippen molar-refractivity contribution in [2.45, 2.75) is 64.1 Å². The largest absolute Gasteiger partial charge is 0.392 e. The molecule has 3 N–H and O–H groups in total. The molecule has 1 aliphatic carbocycles. The van der Waals surface area contributed by atoms with E-state index >= 15 is 0 Å². The van der Waals surface area contributed by atoms with Crippen molar-refractivity contribution in [3.8, 4) is 0 Å². The van der Waals surface area contributed by atoms with Gasteiger partial charge in [0, 0.05) is 18.6 Å². The van der Waals surface area contributed by atoms with Crippen molar-refractivity contribution in [1.29, 1.82) is 0 Å². The number of aliphatic hydroxyl groups excluding tert-OH is 1. The topological polar surface area (TPSA) is 49.5 Å². The molecule has 0 unspecified atom stereocenters. The summed E-state index contributed by atoms with van der Waals surface area (Å²) in [6.45, 7) is 5.11. The SMILES string of the molecule is CCN(Cc1ccc(CO)cc1)C1(CN)CCCCCC1. The summed E-state index contributed by atoms with van der Waals surface area (Å²) in [7, 11) is 0. The lowest BCUT2D eigenvalue weighted by Gasteiger charge is -2.43. The van der Waals surface area contributed by atoms with Gasteiger partial charge in [-0.1, -0.05) is 56.9 Å². The molecule has 0 heterocycles. The van der Waals surface area contributed by atoms with E-state index in [4.69, 9.17) is 10.8 Å². The van der Waals surface area contributed by atoms with Gasteiger partial charge in [0.15, 0.2) is 0 Å². The van der Waals surface area contributed by atoms with E-state index in [2.05, 4.69) is 24.0 Å². The summed E-state index contributed by atoms with van der Waals surface area (Å²) in [6, 6.07) is 8.31. The van der Waals surface area contributed by atoms with Crippen LogP contribution >= 0.6 is 0 Å². The molecule has 1 fully saturated rings. The van der Waals surface area contributed by atoms with Crippen LogP contribution < -0.4 is 5.73 Å². The second-order valence-corrected chi connectivity index (χ2v) is 6.33. The number of nitrogens with two attached hydrogens (primary N) is 1. The van der Waals surface area contributed by atoms with Crippen molar-refractivity contribution in [3.05, 3.63) is 35.4 Å². The van der Waals surface area contributed by atoms with Crippen LogP contribution in [0.1, 0.15) is 56.6 Å². The van der Waals surface area contributed by atoms with E-state index in [1.165, 1.54) is 44.1 Å². The van der Waals surface area contributed by atoms with Crippen LogP contribution in [0.5, 0.6) is 0 Å². The second-order valence-electron chi connectivity index (χ2n) is 6.33. The summed E-state index contributed by atoms with van der Waals surface area (Å²) >= 11 is 0. The molecule has 2 rings (SSSR count). The molecule has 0 saturated heterocycles. The lowest BCUT2D eigenvalue weighted by Crippen LogP contribution is -2.53. The third-order valence-electron chi connectivity index (χ3n) is 5.05. The number of rotatable bonds is 6. The van der Waals surface area contributed by atoms with Crippen molar-refractivity contribution in [2.75, 3.05) is 13.1 Å². The Balaban J connectivity index is 2.12. The van der Waals surface area contributed by atoms with Crippen LogP contribution in [0.25, 0.3) is 0 Å². The minimum absolute atomic E-state index is 0.116. The Kier molecular flexibility index (Phi) is 6.22. The second kappa shape index (κ2) is 7.92. The van der Waals surface area contributed by atoms with Crippen LogP contribution in [0.2, 0.25) is 0 Å². The molecule has 1 aliphatic rings. The third kappa shape index (κ3) is 4.06. The highest BCUT2D eigenvalue weighted by Crippen LogP contribution is 2.32. The molecule has 0 radical (unpaired) electrons. The quantitative estimate of drug-likeness (QED) is 0.792. The van der Waals surface area contributed by atoms with Crippen LogP contribution in [0.3, 0.4) is 0 Å². The molecule has 3 heteroatoms. The van der Waals surface area contributed by atoms with E-state index in [0.29, 0.717) is 0 Å². The molecule has 118 valence electrons. The first-order chi connectivity index (χ1) is 10.2. The molecule has 1 aromatic carbocycles. The average Bonchev–Trinajstić information content (AvgIpc) is 2.79. The zero-order valence-electron chi connectivity index (χ0n) is 13.4. The molecule has 0 bridgehead atoms. The van der Waals surface area contributed by atoms with Gasteiger partial charge >= 0.3 is 0 Å². The van der Waals surface area contributed by atoms with Gasteiger partial charge in [-0.3, -0.25) is 4.90 Å². The summed E-state index contributed by atoms with van der Waals surface area (Å²) in [5.74, 6) is 0. The minimum Gasteiger partial charge on any atom is -0.392 e. The van der Waals surface area contributed by atoms with Gasteiger partial charge in [-0.15, -0.1) is 0 Å². The average molecular weight is 290 g/mol. The van der Waals surface area contributed by atoms with Gasteiger partial charge in [-0.2, -0.15) is 0 Å². The number of likely N-dealkylation sites (N-methyl/N-ethyl adjacent to an activating group) is 1. The maximum absolute atomic E-state index is 9.14. The third-order valence-corrected chi connectivity index (χ3v) is 5.05. The van der Waals surface area contributed by atoms with Gasteiger partial charge in [0.2, 0.25) is 0 Å². The van der Waals surface area contributed by atoms with Crippen molar-refractivity contribution >= 4 is 0 Å². The van der Waals surface area contributed by atoms with Crippen LogP contribution in [0, 0.1) is 0 Å². The molecule has 0 amide bonds. The maximum Gasteiger partial charge on any atom is 0.0681 e. The molecular weight excluding hydrogens is 260 g/mol. The van der Waals surface area contributed by atoms with Gasteiger partial charge in [0.25, 0.3) is 0 Å². The maximum atomic E-state index is 9.14. The predicted octanol–water partition coefficient (Wildman–Crippen LogP) is 3.05. The highest BCUT2D eigenvalue weighted by Gasteiger charge is 2.34. The summed E-state index contributed by atoms with van der Waals surface area (Å²) in [4.78, 5) is 2.58. The zero-order chi connectivity index (χ0) is 15.1. The van der Waals surface area contributed by atoms with E-state index in [0.717, 1.165) is 25.2 Å². The molecule has 0 spiro atoms. The Morgan fingerprint density at radius 2 is 1.62 bits per heavy atom. The van der Waals surface area contributed by atoms with Crippen molar-refractivity contribution in [3.63, 3.8) is 0 Å². The Labute approximate surface area is 129 Å². The molecule has 1 saturated carbocycles. The first kappa shape index (κ1) is 16.5. The van der Waals surface area contributed by atoms with Crippen LogP contribution in [-0.4, -0.2) is 28.6 Å². The van der Waals surface area contributed by atoms with Gasteiger partial charge in [0.05, 0.1) is 6.61 Å². The number of hydrogen-bond donors (Lipinski definition) is 2. The van der Waals surface area contributed by atoms with Gasteiger partial charge in [-0.05, 0) is 30.5 Å². The van der Waals surface area contributed by atoms with Crippen LogP contribution in [0.15, 0.2) is 24.3 Å². The van der Waals surface area contributed by atoms with Gasteiger partial charge in [0.1, 0.15) is 0 Å². The summed E-state index contributed by atoms with van der Waals surface area (Å²) in [5.41, 5.74) is 8.68. The predicted molar refractivity (Wildman–Crippen MR) is 87.9 cm³/mol. The zero-order valence-corrected chi connectivity index (χ0v) is 13.4. The highest BCUT2D eigenvalue weighted by atomic mass is 16.3. The molecular formula is C18H30N2O. The number of hydrogen-bond acceptors (Lipinski definition) is 3. The Morgan fingerprint density at radius 3 is 2.10 bits per heavy atom. The normalized spacial score (nSPS) is 18.7. The van der Waals surface area contributed by atoms with Crippen LogP contribution in [-0.2, 0) is 13.2 Å². The molecule has 0 atom stereocenters. The lowest BCUT2D eigenvalue weighted by atomic mass is 9.87. The summed E-state index contributed by atoms with van der Waals surface area (Å²) in [5, 5.41) is 9.14. The number of nitrogens with zero attached hydrogens (tertiary/aromatic N) is 1. The standard InChI is InChI=1S/C18H30N2O/c1-2-20(13-16-7-9-17(14-21)10-8-16)18(15-19)11-5-3-4-6-12-18/h7-10,21H,2-6,11-15,19H2,1H3. The molecule has 0 aliphatic heterocycles. The van der Waals surface area contributed by atoms with Gasteiger partial charge in [-0.25, -0.2) is 0 Å².